The minimum absolute atomic E-state index is 0.137. The summed E-state index contributed by atoms with van der Waals surface area (Å²) in [6, 6.07) is 19.1. The molecule has 2 N–H and O–H groups in total. The average Bonchev–Trinajstić information content (AvgIpc) is 3.31. The first-order valence-electron chi connectivity index (χ1n) is 7.51. The van der Waals surface area contributed by atoms with Crippen molar-refractivity contribution in [2.24, 2.45) is 0 Å². The first-order chi connectivity index (χ1) is 11.8. The van der Waals surface area contributed by atoms with Crippen molar-refractivity contribution in [3.05, 3.63) is 82.0 Å². The first kappa shape index (κ1) is 14.6. The molecule has 0 spiro atoms. The van der Waals surface area contributed by atoms with Gasteiger partial charge in [0.2, 0.25) is 0 Å². The van der Waals surface area contributed by atoms with E-state index in [0.29, 0.717) is 11.1 Å². The SMILES string of the molecule is O=C(N[C@@H](c1ccccc1)c1cccs1)c1ccc2n[nH]nc2c1. The molecule has 1 atom stereocenters. The lowest BCUT2D eigenvalue weighted by molar-refractivity contribution is 0.0943. The summed E-state index contributed by atoms with van der Waals surface area (Å²) in [6.07, 6.45) is 0. The number of aromatic amines is 1. The zero-order valence-electron chi connectivity index (χ0n) is 12.6. The van der Waals surface area contributed by atoms with Crippen molar-refractivity contribution in [2.75, 3.05) is 0 Å². The molecule has 2 heterocycles. The summed E-state index contributed by atoms with van der Waals surface area (Å²) >= 11 is 1.62. The van der Waals surface area contributed by atoms with Crippen LogP contribution >= 0.6 is 11.3 Å². The van der Waals surface area contributed by atoms with Crippen LogP contribution in [0.15, 0.2) is 66.0 Å². The van der Waals surface area contributed by atoms with Gasteiger partial charge in [-0.2, -0.15) is 15.4 Å². The number of carbonyl (C=O) groups excluding carboxylic acids is 1. The lowest BCUT2D eigenvalue weighted by Crippen LogP contribution is -2.28. The van der Waals surface area contributed by atoms with Gasteiger partial charge in [-0.15, -0.1) is 11.3 Å². The molecule has 2 aromatic heterocycles. The second kappa shape index (κ2) is 6.25. The van der Waals surface area contributed by atoms with Crippen LogP contribution in [-0.2, 0) is 0 Å². The monoisotopic (exact) mass is 334 g/mol. The molecule has 0 unspecified atom stereocenters. The van der Waals surface area contributed by atoms with Gasteiger partial charge in [0.25, 0.3) is 5.91 Å². The van der Waals surface area contributed by atoms with Gasteiger partial charge in [0.15, 0.2) is 0 Å². The predicted molar refractivity (Wildman–Crippen MR) is 94.0 cm³/mol. The fourth-order valence-corrected chi connectivity index (χ4v) is 3.42. The molecular formula is C18H14N4OS. The van der Waals surface area contributed by atoms with E-state index in [0.717, 1.165) is 16.0 Å². The van der Waals surface area contributed by atoms with Crippen LogP contribution in [0.25, 0.3) is 11.0 Å². The Morgan fingerprint density at radius 2 is 1.83 bits per heavy atom. The Morgan fingerprint density at radius 3 is 2.62 bits per heavy atom. The van der Waals surface area contributed by atoms with E-state index in [-0.39, 0.29) is 11.9 Å². The summed E-state index contributed by atoms with van der Waals surface area (Å²) in [6.45, 7) is 0. The standard InChI is InChI=1S/C18H14N4OS/c23-18(13-8-9-14-15(11-13)21-22-20-14)19-17(16-7-4-10-24-16)12-5-2-1-3-6-12/h1-11,17H,(H,19,23)(H,20,21,22)/t17-/m0/s1. The zero-order valence-corrected chi connectivity index (χ0v) is 13.5. The number of fused-ring (bicyclic) bond motifs is 1. The highest BCUT2D eigenvalue weighted by molar-refractivity contribution is 7.10. The van der Waals surface area contributed by atoms with Crippen molar-refractivity contribution < 1.29 is 4.79 Å². The van der Waals surface area contributed by atoms with Crippen LogP contribution in [0.1, 0.15) is 26.8 Å². The van der Waals surface area contributed by atoms with Gasteiger partial charge in [0.05, 0.1) is 6.04 Å². The Kier molecular flexibility index (Phi) is 3.80. The van der Waals surface area contributed by atoms with Crippen LogP contribution in [0.5, 0.6) is 0 Å². The third kappa shape index (κ3) is 2.79. The molecular weight excluding hydrogens is 320 g/mol. The fourth-order valence-electron chi connectivity index (χ4n) is 2.62. The molecule has 4 rings (SSSR count). The maximum atomic E-state index is 12.7. The summed E-state index contributed by atoms with van der Waals surface area (Å²) in [7, 11) is 0. The quantitative estimate of drug-likeness (QED) is 0.600. The predicted octanol–water partition coefficient (Wildman–Crippen LogP) is 3.54. The number of nitrogens with zero attached hydrogens (tertiary/aromatic N) is 2. The number of carbonyl (C=O) groups is 1. The van der Waals surface area contributed by atoms with Gasteiger partial charge < -0.3 is 5.32 Å². The van der Waals surface area contributed by atoms with Gasteiger partial charge in [-0.25, -0.2) is 0 Å². The van der Waals surface area contributed by atoms with Crippen LogP contribution in [-0.4, -0.2) is 21.3 Å². The van der Waals surface area contributed by atoms with E-state index in [1.807, 2.05) is 47.8 Å². The molecule has 0 aliphatic heterocycles. The number of hydrogen-bond acceptors (Lipinski definition) is 4. The molecule has 24 heavy (non-hydrogen) atoms. The maximum Gasteiger partial charge on any atom is 0.252 e. The molecule has 0 radical (unpaired) electrons. The Morgan fingerprint density at radius 1 is 1.00 bits per heavy atom. The fraction of sp³-hybridized carbons (Fsp3) is 0.0556. The summed E-state index contributed by atoms with van der Waals surface area (Å²) in [5.74, 6) is -0.137. The first-order valence-corrected chi connectivity index (χ1v) is 8.39. The van der Waals surface area contributed by atoms with Crippen LogP contribution < -0.4 is 5.32 Å². The van der Waals surface area contributed by atoms with E-state index in [2.05, 4.69) is 20.7 Å². The molecule has 5 nitrogen and oxygen atoms in total. The van der Waals surface area contributed by atoms with Crippen LogP contribution in [0.2, 0.25) is 0 Å². The van der Waals surface area contributed by atoms with Gasteiger partial charge in [-0.3, -0.25) is 4.79 Å². The molecule has 0 saturated carbocycles. The van der Waals surface area contributed by atoms with E-state index in [1.54, 1.807) is 29.5 Å². The number of thiophene rings is 1. The summed E-state index contributed by atoms with van der Waals surface area (Å²) in [5, 5.41) is 15.7. The molecule has 2 aromatic carbocycles. The van der Waals surface area contributed by atoms with Crippen LogP contribution in [0, 0.1) is 0 Å². The van der Waals surface area contributed by atoms with Crippen LogP contribution in [0.4, 0.5) is 0 Å². The van der Waals surface area contributed by atoms with E-state index in [1.165, 1.54) is 0 Å². The van der Waals surface area contributed by atoms with Crippen molar-refractivity contribution in [3.63, 3.8) is 0 Å². The van der Waals surface area contributed by atoms with Gasteiger partial charge in [0.1, 0.15) is 11.0 Å². The average molecular weight is 334 g/mol. The second-order valence-corrected chi connectivity index (χ2v) is 6.34. The number of benzene rings is 2. The lowest BCUT2D eigenvalue weighted by Gasteiger charge is -2.18. The number of aromatic nitrogens is 3. The molecule has 0 saturated heterocycles. The van der Waals surface area contributed by atoms with E-state index < -0.39 is 0 Å². The summed E-state index contributed by atoms with van der Waals surface area (Å²) in [4.78, 5) is 13.8. The third-order valence-electron chi connectivity index (χ3n) is 3.81. The van der Waals surface area contributed by atoms with Gasteiger partial charge >= 0.3 is 0 Å². The third-order valence-corrected chi connectivity index (χ3v) is 4.75. The molecule has 118 valence electrons. The summed E-state index contributed by atoms with van der Waals surface area (Å²) < 4.78 is 0. The zero-order chi connectivity index (χ0) is 16.4. The largest absolute Gasteiger partial charge is 0.340 e. The molecule has 0 aliphatic carbocycles. The molecule has 4 aromatic rings. The second-order valence-electron chi connectivity index (χ2n) is 5.36. The smallest absolute Gasteiger partial charge is 0.252 e. The van der Waals surface area contributed by atoms with Crippen LogP contribution in [0.3, 0.4) is 0 Å². The molecule has 1 amide bonds. The number of nitrogens with one attached hydrogen (secondary N) is 2. The van der Waals surface area contributed by atoms with E-state index in [4.69, 9.17) is 0 Å². The maximum absolute atomic E-state index is 12.7. The number of amides is 1. The highest BCUT2D eigenvalue weighted by atomic mass is 32.1. The Hall–Kier alpha value is -2.99. The van der Waals surface area contributed by atoms with Crippen molar-refractivity contribution in [1.29, 1.82) is 0 Å². The number of H-pyrrole nitrogens is 1. The number of hydrogen-bond donors (Lipinski definition) is 2. The highest BCUT2D eigenvalue weighted by Crippen LogP contribution is 2.26. The van der Waals surface area contributed by atoms with Crippen molar-refractivity contribution in [1.82, 2.24) is 20.7 Å². The van der Waals surface area contributed by atoms with E-state index >= 15 is 0 Å². The minimum Gasteiger partial charge on any atom is -0.340 e. The van der Waals surface area contributed by atoms with Crippen molar-refractivity contribution in [3.8, 4) is 0 Å². The molecule has 0 aliphatic rings. The van der Waals surface area contributed by atoms with Gasteiger partial charge in [-0.1, -0.05) is 36.4 Å². The molecule has 6 heteroatoms. The Balaban J connectivity index is 1.65. The molecule has 0 bridgehead atoms. The normalized spacial score (nSPS) is 12.2. The minimum atomic E-state index is -0.174. The Bertz CT molecular complexity index is 963. The Labute approximate surface area is 142 Å². The van der Waals surface area contributed by atoms with Gasteiger partial charge in [-0.05, 0) is 35.2 Å². The summed E-state index contributed by atoms with van der Waals surface area (Å²) in [5.41, 5.74) is 3.03. The highest BCUT2D eigenvalue weighted by Gasteiger charge is 2.19. The van der Waals surface area contributed by atoms with Gasteiger partial charge in [0, 0.05) is 10.4 Å². The van der Waals surface area contributed by atoms with Crippen molar-refractivity contribution >= 4 is 28.3 Å². The molecule has 0 fully saturated rings. The number of rotatable bonds is 4. The van der Waals surface area contributed by atoms with E-state index in [9.17, 15) is 4.79 Å². The lowest BCUT2D eigenvalue weighted by atomic mass is 10.0. The topological polar surface area (TPSA) is 70.7 Å². The van der Waals surface area contributed by atoms with Crippen molar-refractivity contribution in [2.45, 2.75) is 6.04 Å².